The Morgan fingerprint density at radius 1 is 1.15 bits per heavy atom. The van der Waals surface area contributed by atoms with Gasteiger partial charge in [0, 0.05) is 13.1 Å². The van der Waals surface area contributed by atoms with E-state index < -0.39 is 0 Å². The topological polar surface area (TPSA) is 32.3 Å². The number of nitrogens with one attached hydrogen (secondary N) is 1. The molecule has 0 saturated carbocycles. The summed E-state index contributed by atoms with van der Waals surface area (Å²) < 4.78 is 13.1. The monoisotopic (exact) mass is 368 g/mol. The lowest BCUT2D eigenvalue weighted by molar-refractivity contribution is -0.127. The van der Waals surface area contributed by atoms with E-state index in [0.29, 0.717) is 0 Å². The van der Waals surface area contributed by atoms with Crippen molar-refractivity contribution in [3.8, 4) is 0 Å². The average molecular weight is 368 g/mol. The van der Waals surface area contributed by atoms with Gasteiger partial charge in [-0.1, -0.05) is 43.3 Å². The summed E-state index contributed by atoms with van der Waals surface area (Å²) in [6.45, 7) is 6.68. The highest BCUT2D eigenvalue weighted by Crippen LogP contribution is 2.21. The Balaban J connectivity index is 1.54. The lowest BCUT2D eigenvalue weighted by atomic mass is 9.95. The van der Waals surface area contributed by atoms with Gasteiger partial charge in [-0.15, -0.1) is 0 Å². The number of hydrogen-bond acceptors (Lipinski definition) is 2. The molecule has 144 valence electrons. The molecule has 1 aliphatic rings. The zero-order valence-corrected chi connectivity index (χ0v) is 16.2. The van der Waals surface area contributed by atoms with Crippen LogP contribution in [0.25, 0.3) is 0 Å². The van der Waals surface area contributed by atoms with Gasteiger partial charge in [-0.3, -0.25) is 9.69 Å². The van der Waals surface area contributed by atoms with Crippen LogP contribution in [0.3, 0.4) is 0 Å². The number of benzene rings is 2. The van der Waals surface area contributed by atoms with Crippen LogP contribution in [0.2, 0.25) is 0 Å². The summed E-state index contributed by atoms with van der Waals surface area (Å²) in [5.41, 5.74) is 3.53. The molecule has 2 aromatic carbocycles. The first-order chi connectivity index (χ1) is 13.0. The molecule has 1 heterocycles. The molecule has 0 bridgehead atoms. The van der Waals surface area contributed by atoms with Crippen LogP contribution in [-0.2, 0) is 17.8 Å². The normalized spacial score (nSPS) is 18.9. The molecule has 0 aliphatic carbocycles. The first-order valence-corrected chi connectivity index (χ1v) is 9.91. The molecule has 3 nitrogen and oxygen atoms in total. The van der Waals surface area contributed by atoms with E-state index in [-0.39, 0.29) is 23.7 Å². The van der Waals surface area contributed by atoms with Crippen LogP contribution < -0.4 is 5.32 Å². The summed E-state index contributed by atoms with van der Waals surface area (Å²) in [4.78, 5) is 15.1. The van der Waals surface area contributed by atoms with Crippen LogP contribution in [0, 0.1) is 11.7 Å². The predicted octanol–water partition coefficient (Wildman–Crippen LogP) is 4.48. The fraction of sp³-hybridized carbons (Fsp3) is 0.435. The smallest absolute Gasteiger partial charge is 0.224 e. The number of aryl methyl sites for hydroxylation is 1. The minimum atomic E-state index is -0.212. The molecular weight excluding hydrogens is 339 g/mol. The second-order valence-corrected chi connectivity index (χ2v) is 7.53. The predicted molar refractivity (Wildman–Crippen MR) is 107 cm³/mol. The van der Waals surface area contributed by atoms with Gasteiger partial charge in [0.2, 0.25) is 5.91 Å². The van der Waals surface area contributed by atoms with Crippen molar-refractivity contribution in [3.05, 3.63) is 71.0 Å². The molecular formula is C23H29FN2O. The van der Waals surface area contributed by atoms with Crippen LogP contribution in [0.1, 0.15) is 49.4 Å². The lowest BCUT2D eigenvalue weighted by Gasteiger charge is -2.32. The van der Waals surface area contributed by atoms with Gasteiger partial charge in [0.05, 0.1) is 12.0 Å². The minimum Gasteiger partial charge on any atom is -0.349 e. The summed E-state index contributed by atoms with van der Waals surface area (Å²) >= 11 is 0. The van der Waals surface area contributed by atoms with E-state index in [1.54, 1.807) is 0 Å². The van der Waals surface area contributed by atoms with Crippen LogP contribution >= 0.6 is 0 Å². The van der Waals surface area contributed by atoms with Crippen molar-refractivity contribution in [1.82, 2.24) is 10.2 Å². The Labute approximate surface area is 161 Å². The molecule has 0 aromatic heterocycles. The van der Waals surface area contributed by atoms with Gasteiger partial charge in [-0.25, -0.2) is 4.39 Å². The van der Waals surface area contributed by atoms with Crippen molar-refractivity contribution in [3.63, 3.8) is 0 Å². The molecule has 4 heteroatoms. The Morgan fingerprint density at radius 2 is 1.81 bits per heavy atom. The maximum Gasteiger partial charge on any atom is 0.224 e. The van der Waals surface area contributed by atoms with Gasteiger partial charge in [0.25, 0.3) is 0 Å². The van der Waals surface area contributed by atoms with Gasteiger partial charge in [-0.2, -0.15) is 0 Å². The van der Waals surface area contributed by atoms with Crippen molar-refractivity contribution in [2.45, 2.75) is 45.7 Å². The largest absolute Gasteiger partial charge is 0.349 e. The molecule has 0 unspecified atom stereocenters. The van der Waals surface area contributed by atoms with Crippen LogP contribution in [0.5, 0.6) is 0 Å². The minimum absolute atomic E-state index is 0.0101. The van der Waals surface area contributed by atoms with Crippen LogP contribution in [0.4, 0.5) is 4.39 Å². The van der Waals surface area contributed by atoms with Crippen molar-refractivity contribution in [2.24, 2.45) is 5.92 Å². The Morgan fingerprint density at radius 3 is 2.48 bits per heavy atom. The van der Waals surface area contributed by atoms with E-state index in [2.05, 4.69) is 41.4 Å². The Bertz CT molecular complexity index is 742. The highest BCUT2D eigenvalue weighted by Gasteiger charge is 2.26. The second-order valence-electron chi connectivity index (χ2n) is 7.53. The van der Waals surface area contributed by atoms with E-state index in [4.69, 9.17) is 0 Å². The van der Waals surface area contributed by atoms with Crippen molar-refractivity contribution in [1.29, 1.82) is 0 Å². The van der Waals surface area contributed by atoms with E-state index >= 15 is 0 Å². The van der Waals surface area contributed by atoms with Gasteiger partial charge in [0.15, 0.2) is 0 Å². The van der Waals surface area contributed by atoms with E-state index in [0.717, 1.165) is 50.0 Å². The Hall–Kier alpha value is -2.20. The summed E-state index contributed by atoms with van der Waals surface area (Å²) in [6, 6.07) is 15.1. The molecule has 0 spiro atoms. The SMILES string of the molecule is CCc1ccc([C@@H](C)NC(=O)[C@@H]2CCCN(Cc3ccc(F)cc3)C2)cc1. The number of amides is 1. The fourth-order valence-corrected chi connectivity index (χ4v) is 3.72. The first kappa shape index (κ1) is 19.6. The van der Waals surface area contributed by atoms with E-state index in [9.17, 15) is 9.18 Å². The average Bonchev–Trinajstić information content (AvgIpc) is 2.70. The van der Waals surface area contributed by atoms with Gasteiger partial charge in [-0.05, 0) is 61.6 Å². The third-order valence-corrected chi connectivity index (χ3v) is 5.44. The van der Waals surface area contributed by atoms with Crippen molar-refractivity contribution in [2.75, 3.05) is 13.1 Å². The van der Waals surface area contributed by atoms with E-state index in [1.807, 2.05) is 19.1 Å². The fourth-order valence-electron chi connectivity index (χ4n) is 3.72. The second kappa shape index (κ2) is 9.14. The van der Waals surface area contributed by atoms with Crippen LogP contribution in [0.15, 0.2) is 48.5 Å². The maximum atomic E-state index is 13.1. The third kappa shape index (κ3) is 5.39. The zero-order valence-electron chi connectivity index (χ0n) is 16.2. The molecule has 2 aromatic rings. The quantitative estimate of drug-likeness (QED) is 0.815. The molecule has 1 N–H and O–H groups in total. The van der Waals surface area contributed by atoms with Gasteiger partial charge < -0.3 is 5.32 Å². The van der Waals surface area contributed by atoms with Gasteiger partial charge >= 0.3 is 0 Å². The number of nitrogens with zero attached hydrogens (tertiary/aromatic N) is 1. The van der Waals surface area contributed by atoms with E-state index in [1.165, 1.54) is 17.7 Å². The molecule has 1 amide bonds. The number of hydrogen-bond donors (Lipinski definition) is 1. The number of carbonyl (C=O) groups excluding carboxylic acids is 1. The maximum absolute atomic E-state index is 13.1. The standard InChI is InChI=1S/C23H29FN2O/c1-3-18-6-10-20(11-7-18)17(2)25-23(27)21-5-4-14-26(16-21)15-19-8-12-22(24)13-9-19/h6-13,17,21H,3-5,14-16H2,1-2H3,(H,25,27)/t17-,21-/m1/s1. The Kier molecular flexibility index (Phi) is 6.62. The molecule has 1 aliphatic heterocycles. The highest BCUT2D eigenvalue weighted by atomic mass is 19.1. The summed E-state index contributed by atoms with van der Waals surface area (Å²) in [6.07, 6.45) is 2.96. The molecule has 1 fully saturated rings. The molecule has 0 radical (unpaired) electrons. The van der Waals surface area contributed by atoms with Crippen LogP contribution in [-0.4, -0.2) is 23.9 Å². The van der Waals surface area contributed by atoms with Crippen molar-refractivity contribution >= 4 is 5.91 Å². The number of halogens is 1. The molecule has 3 rings (SSSR count). The molecule has 27 heavy (non-hydrogen) atoms. The number of rotatable bonds is 6. The number of likely N-dealkylation sites (tertiary alicyclic amines) is 1. The molecule has 2 atom stereocenters. The third-order valence-electron chi connectivity index (χ3n) is 5.44. The number of piperidine rings is 1. The van der Waals surface area contributed by atoms with Gasteiger partial charge in [0.1, 0.15) is 5.82 Å². The first-order valence-electron chi connectivity index (χ1n) is 9.91. The lowest BCUT2D eigenvalue weighted by Crippen LogP contribution is -2.43. The van der Waals surface area contributed by atoms with Crippen molar-refractivity contribution < 1.29 is 9.18 Å². The highest BCUT2D eigenvalue weighted by molar-refractivity contribution is 5.79. The summed E-state index contributed by atoms with van der Waals surface area (Å²) in [5.74, 6) is -0.0713. The molecule has 1 saturated heterocycles. The summed E-state index contributed by atoms with van der Waals surface area (Å²) in [5, 5.41) is 3.18. The zero-order chi connectivity index (χ0) is 19.2. The number of carbonyl (C=O) groups is 1. The summed E-state index contributed by atoms with van der Waals surface area (Å²) in [7, 11) is 0.